The number of unbranched alkanes of at least 4 members (excludes halogenated alkanes) is 4. The van der Waals surface area contributed by atoms with Crippen LogP contribution in [0.25, 0.3) is 39.3 Å². The van der Waals surface area contributed by atoms with Gasteiger partial charge in [0.2, 0.25) is 0 Å². The monoisotopic (exact) mass is 693 g/mol. The molecule has 0 aromatic carbocycles. The van der Waals surface area contributed by atoms with Crippen molar-refractivity contribution in [3.05, 3.63) is 75.4 Å². The average Bonchev–Trinajstić information content (AvgIpc) is 3.78. The van der Waals surface area contributed by atoms with Crippen molar-refractivity contribution in [2.24, 2.45) is 0 Å². The highest BCUT2D eigenvalue weighted by molar-refractivity contribution is 6.28. The van der Waals surface area contributed by atoms with Gasteiger partial charge in [0.25, 0.3) is 5.91 Å². The number of esters is 1. The molecule has 2 aliphatic rings. The van der Waals surface area contributed by atoms with E-state index in [1.165, 1.54) is 7.11 Å². The first-order valence-corrected chi connectivity index (χ1v) is 18.1. The molecule has 3 aromatic rings. The summed E-state index contributed by atoms with van der Waals surface area (Å²) >= 11 is 0. The Morgan fingerprint density at radius 1 is 0.961 bits per heavy atom. The summed E-state index contributed by atoms with van der Waals surface area (Å²) in [4.78, 5) is 56.9. The van der Waals surface area contributed by atoms with Crippen molar-refractivity contribution in [3.63, 3.8) is 0 Å². The van der Waals surface area contributed by atoms with Gasteiger partial charge in [-0.1, -0.05) is 59.1 Å². The van der Waals surface area contributed by atoms with Crippen LogP contribution in [0, 0.1) is 13.8 Å². The first-order valence-electron chi connectivity index (χ1n) is 18.1. The summed E-state index contributed by atoms with van der Waals surface area (Å²) in [6.07, 6.45) is 8.16. The van der Waals surface area contributed by atoms with Crippen molar-refractivity contribution < 1.29 is 24.2 Å². The number of fused-ring (bicyclic) bond motifs is 8. The molecule has 51 heavy (non-hydrogen) atoms. The van der Waals surface area contributed by atoms with Crippen molar-refractivity contribution >= 4 is 57.1 Å². The van der Waals surface area contributed by atoms with Gasteiger partial charge in [-0.2, -0.15) is 0 Å². The predicted molar refractivity (Wildman–Crippen MR) is 204 cm³/mol. The summed E-state index contributed by atoms with van der Waals surface area (Å²) in [5.74, 6) is -2.70. The van der Waals surface area contributed by atoms with Crippen LogP contribution in [0.2, 0.25) is 0 Å². The van der Waals surface area contributed by atoms with Crippen LogP contribution in [0.4, 0.5) is 0 Å². The van der Waals surface area contributed by atoms with Gasteiger partial charge in [-0.05, 0) is 80.5 Å². The summed E-state index contributed by atoms with van der Waals surface area (Å²) in [7, 11) is 1.34. The van der Waals surface area contributed by atoms with Gasteiger partial charge < -0.3 is 25.1 Å². The normalized spacial score (nSPS) is 15.6. The molecular weight excluding hydrogens is 642 g/mol. The van der Waals surface area contributed by atoms with Crippen molar-refractivity contribution in [3.8, 4) is 0 Å². The minimum atomic E-state index is -1.24. The Balaban J connectivity index is 1.87. The number of H-pyrrole nitrogens is 2. The lowest BCUT2D eigenvalue weighted by Gasteiger charge is -2.17. The van der Waals surface area contributed by atoms with Gasteiger partial charge in [-0.3, -0.25) is 14.6 Å². The lowest BCUT2D eigenvalue weighted by Crippen LogP contribution is -2.26. The fraction of sp³-hybridized carbons (Fsp3) is 0.439. The number of hydrogen-bond acceptors (Lipinski definition) is 6. The number of carbonyl (C=O) groups excluding carboxylic acids is 2. The van der Waals surface area contributed by atoms with Crippen molar-refractivity contribution in [1.82, 2.24) is 25.3 Å². The molecule has 8 bridgehead atoms. The Bertz CT molecular complexity index is 2070. The minimum absolute atomic E-state index is 0.0810. The molecule has 0 spiro atoms. The highest BCUT2D eigenvalue weighted by Crippen LogP contribution is 2.43. The molecule has 0 unspecified atom stereocenters. The number of nitrogens with one attached hydrogen (secondary N) is 3. The summed E-state index contributed by atoms with van der Waals surface area (Å²) in [6, 6.07) is 5.95. The molecule has 0 radical (unpaired) electrons. The highest BCUT2D eigenvalue weighted by Gasteiger charge is 2.37. The molecule has 0 saturated carbocycles. The van der Waals surface area contributed by atoms with Crippen molar-refractivity contribution in [1.29, 1.82) is 0 Å². The van der Waals surface area contributed by atoms with Crippen LogP contribution in [0.5, 0.6) is 0 Å². The maximum absolute atomic E-state index is 14.0. The second-order valence-corrected chi connectivity index (χ2v) is 13.7. The molecule has 270 valence electrons. The smallest absolute Gasteiger partial charge is 0.339 e. The van der Waals surface area contributed by atoms with Crippen LogP contribution in [0.15, 0.2) is 24.8 Å². The molecule has 0 fully saturated rings. The van der Waals surface area contributed by atoms with Gasteiger partial charge >= 0.3 is 11.9 Å². The molecule has 0 aliphatic carbocycles. The first-order chi connectivity index (χ1) is 24.4. The number of allylic oxidation sites excluding steroid dienone is 1. The summed E-state index contributed by atoms with van der Waals surface area (Å²) < 4.78 is 4.95. The van der Waals surface area contributed by atoms with Crippen molar-refractivity contribution in [2.75, 3.05) is 13.7 Å². The maximum Gasteiger partial charge on any atom is 0.339 e. The van der Waals surface area contributed by atoms with E-state index in [-0.39, 0.29) is 35.1 Å². The van der Waals surface area contributed by atoms with E-state index in [0.717, 1.165) is 82.8 Å². The van der Waals surface area contributed by atoms with Crippen LogP contribution in [-0.4, -0.2) is 56.5 Å². The number of carboxylic acids is 1. The molecule has 2 atom stereocenters. The van der Waals surface area contributed by atoms with Gasteiger partial charge in [0.05, 0.1) is 29.8 Å². The van der Waals surface area contributed by atoms with Crippen LogP contribution in [0.1, 0.15) is 140 Å². The number of aromatic carboxylic acids is 1. The number of nitrogens with zero attached hydrogens (tertiary/aromatic N) is 2. The number of carboxylic acid groups (broad SMARTS) is 1. The zero-order valence-electron chi connectivity index (χ0n) is 31.0. The molecule has 0 saturated heterocycles. The Morgan fingerprint density at radius 2 is 1.67 bits per heavy atom. The number of aryl methyl sites for hydroxylation is 3. The number of amides is 1. The lowest BCUT2D eigenvalue weighted by molar-refractivity contribution is -0.140. The van der Waals surface area contributed by atoms with E-state index in [2.05, 4.69) is 48.7 Å². The fourth-order valence-corrected chi connectivity index (χ4v) is 7.46. The number of hydrogen-bond donors (Lipinski definition) is 4. The number of rotatable bonds is 13. The number of carbonyl (C=O) groups is 3. The Kier molecular flexibility index (Phi) is 11.6. The molecule has 3 aromatic heterocycles. The van der Waals surface area contributed by atoms with E-state index in [1.807, 2.05) is 39.0 Å². The third-order valence-electron chi connectivity index (χ3n) is 10.5. The fourth-order valence-electron chi connectivity index (χ4n) is 7.46. The highest BCUT2D eigenvalue weighted by atomic mass is 16.5. The van der Waals surface area contributed by atoms with E-state index < -0.39 is 17.9 Å². The standard InChI is InChI=1S/C41H51N5O5/c1-9-12-13-14-15-18-42-40(48)36-25(7)32-21-34-27(11-3)23(5)30(44-34)20-33-26(10-2)22(4)29(43-33)19-31-24(6)28(16-17-35(47)51-8)38(45-31)37(41(49)50)39(36)46-32/h10,19-21,24,28,43-44H,2,9,11-18H2,1,3-8H3,(H,42,48)(H,49,50)/t24-,28-/m0/s1. The number of ether oxygens (including phenoxy) is 1. The van der Waals surface area contributed by atoms with Crippen LogP contribution in [-0.2, 0) is 20.7 Å². The molecule has 4 N–H and O–H groups in total. The largest absolute Gasteiger partial charge is 0.478 e. The minimum Gasteiger partial charge on any atom is -0.478 e. The maximum atomic E-state index is 14.0. The van der Waals surface area contributed by atoms with Gasteiger partial charge in [-0.25, -0.2) is 9.78 Å². The molecule has 1 amide bonds. The quantitative estimate of drug-likeness (QED) is 0.103. The number of aromatic nitrogens is 4. The van der Waals surface area contributed by atoms with E-state index in [0.29, 0.717) is 35.6 Å². The lowest BCUT2D eigenvalue weighted by atomic mass is 9.85. The predicted octanol–water partition coefficient (Wildman–Crippen LogP) is 8.69. The summed E-state index contributed by atoms with van der Waals surface area (Å²) in [5, 5.41) is 14.0. The van der Waals surface area contributed by atoms with E-state index >= 15 is 0 Å². The van der Waals surface area contributed by atoms with Crippen molar-refractivity contribution in [2.45, 2.75) is 105 Å². The van der Waals surface area contributed by atoms with Gasteiger partial charge in [0.1, 0.15) is 5.56 Å². The zero-order chi connectivity index (χ0) is 37.0. The average molecular weight is 694 g/mol. The second-order valence-electron chi connectivity index (χ2n) is 13.7. The van der Waals surface area contributed by atoms with Gasteiger partial charge in [0, 0.05) is 58.1 Å². The Labute approximate surface area is 299 Å². The number of aromatic amines is 2. The molecule has 10 heteroatoms. The van der Waals surface area contributed by atoms with Crippen LogP contribution >= 0.6 is 0 Å². The second kappa shape index (κ2) is 15.9. The Morgan fingerprint density at radius 3 is 2.33 bits per heavy atom. The molecule has 5 heterocycles. The topological polar surface area (TPSA) is 150 Å². The zero-order valence-corrected chi connectivity index (χ0v) is 31.0. The SMILES string of the molecule is C=Cc1c(C)c2cc3nc(c(C(=O)O)c4nc(cc5[nH]c(cc1[nH]2)c(C)c5CC)C(C)=C4C(=O)NCCCCCCC)[C@@H](CCC(=O)OC)[C@@H]3C. The van der Waals surface area contributed by atoms with E-state index in [9.17, 15) is 19.5 Å². The molecule has 2 aliphatic heterocycles. The third kappa shape index (κ3) is 7.41. The number of methoxy groups -OCH3 is 1. The molecular formula is C41H51N5O5. The van der Waals surface area contributed by atoms with E-state index in [1.54, 1.807) is 0 Å². The first kappa shape index (κ1) is 37.3. The third-order valence-corrected chi connectivity index (χ3v) is 10.5. The van der Waals surface area contributed by atoms with Gasteiger partial charge in [-0.15, -0.1) is 0 Å². The van der Waals surface area contributed by atoms with Crippen LogP contribution in [0.3, 0.4) is 0 Å². The Hall–Kier alpha value is -4.99. The van der Waals surface area contributed by atoms with E-state index in [4.69, 9.17) is 14.7 Å². The molecule has 5 rings (SSSR count). The molecule has 10 nitrogen and oxygen atoms in total. The van der Waals surface area contributed by atoms with Gasteiger partial charge in [0.15, 0.2) is 0 Å². The summed E-state index contributed by atoms with van der Waals surface area (Å²) in [5.41, 5.74) is 9.82. The summed E-state index contributed by atoms with van der Waals surface area (Å²) in [6.45, 7) is 16.7. The van der Waals surface area contributed by atoms with Crippen LogP contribution < -0.4 is 5.32 Å².